The molecule has 2 fully saturated rings. The summed E-state index contributed by atoms with van der Waals surface area (Å²) in [6, 6.07) is 0. The van der Waals surface area contributed by atoms with Crippen LogP contribution >= 0.6 is 0 Å². The summed E-state index contributed by atoms with van der Waals surface area (Å²) in [6.07, 6.45) is 9.20. The minimum atomic E-state index is 0.415. The van der Waals surface area contributed by atoms with Gasteiger partial charge < -0.3 is 4.74 Å². The van der Waals surface area contributed by atoms with Gasteiger partial charge in [0.2, 0.25) is 0 Å². The van der Waals surface area contributed by atoms with E-state index in [4.69, 9.17) is 4.74 Å². The molecule has 76 valence electrons. The van der Waals surface area contributed by atoms with Crippen LogP contribution in [-0.4, -0.2) is 12.7 Å². The molecule has 0 aliphatic heterocycles. The van der Waals surface area contributed by atoms with Crippen LogP contribution in [0.15, 0.2) is 0 Å². The molecular weight excluding hydrogens is 160 g/mol. The molecule has 1 atom stereocenters. The lowest BCUT2D eigenvalue weighted by atomic mass is 9.77. The van der Waals surface area contributed by atoms with Gasteiger partial charge in [-0.3, -0.25) is 0 Å². The van der Waals surface area contributed by atoms with Gasteiger partial charge >= 0.3 is 0 Å². The molecule has 0 radical (unpaired) electrons. The Morgan fingerprint density at radius 1 is 1.23 bits per heavy atom. The van der Waals surface area contributed by atoms with Crippen LogP contribution in [0.3, 0.4) is 0 Å². The predicted octanol–water partition coefficient (Wildman–Crippen LogP) is 3.38. The van der Waals surface area contributed by atoms with Crippen molar-refractivity contribution in [3.8, 4) is 0 Å². The summed E-state index contributed by atoms with van der Waals surface area (Å²) >= 11 is 0. The fourth-order valence-electron chi connectivity index (χ4n) is 2.77. The van der Waals surface area contributed by atoms with Crippen molar-refractivity contribution in [2.24, 2.45) is 11.3 Å². The second-order valence-electron chi connectivity index (χ2n) is 5.19. The van der Waals surface area contributed by atoms with E-state index in [1.807, 2.05) is 0 Å². The average Bonchev–Trinajstić information content (AvgIpc) is 2.84. The molecule has 1 heteroatoms. The zero-order valence-electron chi connectivity index (χ0n) is 9.01. The standard InChI is InChI=1S/C12H22O/c1-10(2)13-9-11-5-3-4-6-12(11)7-8-12/h10-11H,3-9H2,1-2H3. The number of hydrogen-bond acceptors (Lipinski definition) is 1. The Bertz CT molecular complexity index is 170. The quantitative estimate of drug-likeness (QED) is 0.650. The zero-order valence-corrected chi connectivity index (χ0v) is 9.01. The summed E-state index contributed by atoms with van der Waals surface area (Å²) in [5, 5.41) is 0. The molecule has 2 rings (SSSR count). The Hall–Kier alpha value is -0.0400. The molecule has 2 aliphatic carbocycles. The van der Waals surface area contributed by atoms with E-state index in [1.54, 1.807) is 0 Å². The van der Waals surface area contributed by atoms with Crippen molar-refractivity contribution >= 4 is 0 Å². The van der Waals surface area contributed by atoms with Gasteiger partial charge in [0.1, 0.15) is 0 Å². The van der Waals surface area contributed by atoms with Crippen molar-refractivity contribution in [1.82, 2.24) is 0 Å². The molecule has 1 nitrogen and oxygen atoms in total. The van der Waals surface area contributed by atoms with Crippen LogP contribution in [0.5, 0.6) is 0 Å². The largest absolute Gasteiger partial charge is 0.378 e. The molecule has 0 bridgehead atoms. The molecule has 2 aliphatic rings. The van der Waals surface area contributed by atoms with Gasteiger partial charge in [0, 0.05) is 0 Å². The second kappa shape index (κ2) is 3.61. The number of hydrogen-bond donors (Lipinski definition) is 0. The van der Waals surface area contributed by atoms with Crippen LogP contribution in [-0.2, 0) is 4.74 Å². The maximum absolute atomic E-state index is 5.76. The first kappa shape index (κ1) is 9.51. The van der Waals surface area contributed by atoms with Crippen molar-refractivity contribution in [1.29, 1.82) is 0 Å². The van der Waals surface area contributed by atoms with Crippen molar-refractivity contribution < 1.29 is 4.74 Å². The molecule has 2 saturated carbocycles. The maximum Gasteiger partial charge on any atom is 0.0519 e. The van der Waals surface area contributed by atoms with Crippen molar-refractivity contribution in [2.45, 2.75) is 58.5 Å². The van der Waals surface area contributed by atoms with Crippen LogP contribution in [0, 0.1) is 11.3 Å². The van der Waals surface area contributed by atoms with E-state index in [0.717, 1.165) is 17.9 Å². The molecule has 13 heavy (non-hydrogen) atoms. The van der Waals surface area contributed by atoms with Crippen molar-refractivity contribution in [3.05, 3.63) is 0 Å². The fourth-order valence-corrected chi connectivity index (χ4v) is 2.77. The normalized spacial score (nSPS) is 31.2. The molecule has 0 saturated heterocycles. The van der Waals surface area contributed by atoms with Gasteiger partial charge in [-0.1, -0.05) is 12.8 Å². The van der Waals surface area contributed by atoms with Gasteiger partial charge in [0.25, 0.3) is 0 Å². The molecule has 0 aromatic rings. The lowest BCUT2D eigenvalue weighted by Gasteiger charge is -2.32. The third kappa shape index (κ3) is 2.07. The molecule has 0 amide bonds. The van der Waals surface area contributed by atoms with Crippen molar-refractivity contribution in [2.75, 3.05) is 6.61 Å². The van der Waals surface area contributed by atoms with Gasteiger partial charge in [-0.05, 0) is 50.9 Å². The van der Waals surface area contributed by atoms with Crippen molar-refractivity contribution in [3.63, 3.8) is 0 Å². The third-order valence-corrected chi connectivity index (χ3v) is 3.87. The summed E-state index contributed by atoms with van der Waals surface area (Å²) in [6.45, 7) is 5.31. The Labute approximate surface area is 81.9 Å². The Kier molecular flexibility index (Phi) is 2.64. The molecule has 0 N–H and O–H groups in total. The molecule has 1 spiro atoms. The fraction of sp³-hybridized carbons (Fsp3) is 1.00. The van der Waals surface area contributed by atoms with Gasteiger partial charge in [0.15, 0.2) is 0 Å². The highest BCUT2D eigenvalue weighted by atomic mass is 16.5. The van der Waals surface area contributed by atoms with E-state index in [9.17, 15) is 0 Å². The second-order valence-corrected chi connectivity index (χ2v) is 5.19. The van der Waals surface area contributed by atoms with Crippen LogP contribution < -0.4 is 0 Å². The minimum absolute atomic E-state index is 0.415. The summed E-state index contributed by atoms with van der Waals surface area (Å²) in [5.41, 5.74) is 0.757. The van der Waals surface area contributed by atoms with Crippen LogP contribution in [0.1, 0.15) is 52.4 Å². The number of rotatable bonds is 3. The van der Waals surface area contributed by atoms with Gasteiger partial charge in [-0.25, -0.2) is 0 Å². The first-order chi connectivity index (χ1) is 6.23. The van der Waals surface area contributed by atoms with E-state index in [-0.39, 0.29) is 0 Å². The Balaban J connectivity index is 1.82. The first-order valence-corrected chi connectivity index (χ1v) is 5.84. The summed E-state index contributed by atoms with van der Waals surface area (Å²) in [4.78, 5) is 0. The highest BCUT2D eigenvalue weighted by Crippen LogP contribution is 2.59. The molecule has 0 heterocycles. The van der Waals surface area contributed by atoms with E-state index in [2.05, 4.69) is 13.8 Å². The van der Waals surface area contributed by atoms with Gasteiger partial charge in [0.05, 0.1) is 12.7 Å². The minimum Gasteiger partial charge on any atom is -0.378 e. The van der Waals surface area contributed by atoms with E-state index >= 15 is 0 Å². The van der Waals surface area contributed by atoms with Crippen LogP contribution in [0.2, 0.25) is 0 Å². The summed E-state index contributed by atoms with van der Waals surface area (Å²) in [7, 11) is 0. The predicted molar refractivity (Wildman–Crippen MR) is 54.7 cm³/mol. The highest BCUT2D eigenvalue weighted by Gasteiger charge is 2.49. The monoisotopic (exact) mass is 182 g/mol. The lowest BCUT2D eigenvalue weighted by molar-refractivity contribution is 0.0159. The molecule has 0 aromatic heterocycles. The highest BCUT2D eigenvalue weighted by molar-refractivity contribution is 5.00. The summed E-state index contributed by atoms with van der Waals surface area (Å²) < 4.78 is 5.76. The summed E-state index contributed by atoms with van der Waals surface area (Å²) in [5.74, 6) is 0.892. The van der Waals surface area contributed by atoms with Crippen LogP contribution in [0.25, 0.3) is 0 Å². The van der Waals surface area contributed by atoms with E-state index in [0.29, 0.717) is 6.10 Å². The topological polar surface area (TPSA) is 9.23 Å². The Morgan fingerprint density at radius 3 is 2.62 bits per heavy atom. The van der Waals surface area contributed by atoms with Gasteiger partial charge in [-0.2, -0.15) is 0 Å². The molecule has 1 unspecified atom stereocenters. The number of ether oxygens (including phenoxy) is 1. The SMILES string of the molecule is CC(C)OCC1CCCCC12CC2. The molecule has 0 aromatic carbocycles. The lowest BCUT2D eigenvalue weighted by Crippen LogP contribution is -2.26. The van der Waals surface area contributed by atoms with E-state index in [1.165, 1.54) is 38.5 Å². The van der Waals surface area contributed by atoms with Gasteiger partial charge in [-0.15, -0.1) is 0 Å². The Morgan fingerprint density at radius 2 is 2.00 bits per heavy atom. The smallest absolute Gasteiger partial charge is 0.0519 e. The average molecular weight is 182 g/mol. The maximum atomic E-state index is 5.76. The van der Waals surface area contributed by atoms with Crippen LogP contribution in [0.4, 0.5) is 0 Å². The first-order valence-electron chi connectivity index (χ1n) is 5.84. The third-order valence-electron chi connectivity index (χ3n) is 3.87. The van der Waals surface area contributed by atoms with E-state index < -0.39 is 0 Å². The zero-order chi connectivity index (χ0) is 9.31. The molecular formula is C12H22O.